The van der Waals surface area contributed by atoms with Crippen molar-refractivity contribution in [1.29, 1.82) is 0 Å². The Morgan fingerprint density at radius 1 is 1.00 bits per heavy atom. The molecule has 0 saturated heterocycles. The van der Waals surface area contributed by atoms with Gasteiger partial charge >= 0.3 is 0 Å². The maximum Gasteiger partial charge on any atom is 0.263 e. The second-order valence-electron chi connectivity index (χ2n) is 10.2. The van der Waals surface area contributed by atoms with Crippen LogP contribution in [-0.4, -0.2) is 21.5 Å². The van der Waals surface area contributed by atoms with E-state index in [1.807, 2.05) is 53.1 Å². The highest BCUT2D eigenvalue weighted by atomic mass is 32.1. The van der Waals surface area contributed by atoms with Crippen molar-refractivity contribution in [2.75, 3.05) is 6.79 Å². The van der Waals surface area contributed by atoms with Gasteiger partial charge in [0.15, 0.2) is 11.5 Å². The van der Waals surface area contributed by atoms with Gasteiger partial charge in [-0.25, -0.2) is 4.98 Å². The molecule has 6 rings (SSSR count). The van der Waals surface area contributed by atoms with Crippen molar-refractivity contribution >= 4 is 31.6 Å². The second-order valence-corrected chi connectivity index (χ2v) is 11.2. The highest BCUT2D eigenvalue weighted by Crippen LogP contribution is 2.39. The molecular formula is C32H32N2O4S. The molecule has 3 aromatic carbocycles. The number of aromatic hydroxyl groups is 1. The van der Waals surface area contributed by atoms with Crippen LogP contribution in [0.1, 0.15) is 68.0 Å². The average Bonchev–Trinajstić information content (AvgIpc) is 3.56. The molecule has 0 amide bonds. The molecule has 6 nitrogen and oxygen atoms in total. The molecule has 39 heavy (non-hydrogen) atoms. The number of ether oxygens (including phenoxy) is 2. The van der Waals surface area contributed by atoms with Crippen LogP contribution in [0.25, 0.3) is 20.3 Å². The van der Waals surface area contributed by atoms with Crippen LogP contribution in [0.5, 0.6) is 17.2 Å². The molecule has 2 aromatic heterocycles. The summed E-state index contributed by atoms with van der Waals surface area (Å²) in [5, 5.41) is 12.4. The predicted octanol–water partition coefficient (Wildman–Crippen LogP) is 7.37. The number of unbranched alkanes of at least 4 members (excludes halogenated alkanes) is 1. The van der Waals surface area contributed by atoms with E-state index in [1.54, 1.807) is 0 Å². The van der Waals surface area contributed by atoms with Crippen molar-refractivity contribution in [3.8, 4) is 17.2 Å². The molecule has 0 spiro atoms. The quantitative estimate of drug-likeness (QED) is 0.211. The van der Waals surface area contributed by atoms with Gasteiger partial charge in [0.25, 0.3) is 5.56 Å². The molecule has 5 aromatic rings. The zero-order chi connectivity index (χ0) is 26.9. The van der Waals surface area contributed by atoms with Gasteiger partial charge in [0.1, 0.15) is 16.4 Å². The Hall–Kier alpha value is -3.84. The van der Waals surface area contributed by atoms with Crippen molar-refractivity contribution in [2.24, 2.45) is 0 Å². The molecule has 1 aliphatic heterocycles. The Labute approximate surface area is 231 Å². The number of hydrogen-bond acceptors (Lipinski definition) is 6. The largest absolute Gasteiger partial charge is 0.506 e. The predicted molar refractivity (Wildman–Crippen MR) is 157 cm³/mol. The van der Waals surface area contributed by atoms with Gasteiger partial charge in [-0.05, 0) is 60.2 Å². The van der Waals surface area contributed by atoms with E-state index in [0.717, 1.165) is 59.3 Å². The van der Waals surface area contributed by atoms with Gasteiger partial charge in [0, 0.05) is 11.3 Å². The fraction of sp³-hybridized carbons (Fsp3) is 0.312. The van der Waals surface area contributed by atoms with Gasteiger partial charge in [-0.15, -0.1) is 11.3 Å². The van der Waals surface area contributed by atoms with Crippen LogP contribution in [0, 0.1) is 0 Å². The normalized spacial score (nSPS) is 13.4. The van der Waals surface area contributed by atoms with E-state index in [4.69, 9.17) is 14.5 Å². The Morgan fingerprint density at radius 3 is 2.62 bits per heavy atom. The third-order valence-electron chi connectivity index (χ3n) is 7.56. The molecule has 1 atom stereocenters. The number of thiophene rings is 1. The second kappa shape index (κ2) is 10.7. The van der Waals surface area contributed by atoms with Crippen molar-refractivity contribution < 1.29 is 14.6 Å². The summed E-state index contributed by atoms with van der Waals surface area (Å²) in [6.45, 7) is 4.95. The molecule has 1 N–H and O–H groups in total. The van der Waals surface area contributed by atoms with Crippen LogP contribution in [-0.2, 0) is 13.0 Å². The molecule has 1 unspecified atom stereocenters. The Kier molecular flexibility index (Phi) is 7.00. The smallest absolute Gasteiger partial charge is 0.263 e. The number of phenols is 1. The van der Waals surface area contributed by atoms with Crippen molar-refractivity contribution in [3.63, 3.8) is 0 Å². The number of benzene rings is 3. The average molecular weight is 541 g/mol. The van der Waals surface area contributed by atoms with E-state index in [1.165, 1.54) is 11.3 Å². The summed E-state index contributed by atoms with van der Waals surface area (Å²) in [6, 6.07) is 19.8. The minimum Gasteiger partial charge on any atom is -0.506 e. The fourth-order valence-electron chi connectivity index (χ4n) is 5.50. The lowest BCUT2D eigenvalue weighted by Gasteiger charge is -2.20. The van der Waals surface area contributed by atoms with Gasteiger partial charge in [-0.2, -0.15) is 0 Å². The van der Waals surface area contributed by atoms with E-state index < -0.39 is 0 Å². The van der Waals surface area contributed by atoms with Crippen LogP contribution in [0.15, 0.2) is 65.5 Å². The zero-order valence-corrected chi connectivity index (χ0v) is 23.1. The van der Waals surface area contributed by atoms with Crippen LogP contribution < -0.4 is 15.0 Å². The van der Waals surface area contributed by atoms with Gasteiger partial charge in [-0.1, -0.05) is 63.1 Å². The van der Waals surface area contributed by atoms with Gasteiger partial charge in [0.05, 0.1) is 16.6 Å². The summed E-state index contributed by atoms with van der Waals surface area (Å²) in [6.07, 6.45) is 4.71. The fourth-order valence-corrected chi connectivity index (χ4v) is 6.57. The molecular weight excluding hydrogens is 508 g/mol. The number of fused-ring (bicyclic) bond motifs is 4. The van der Waals surface area contributed by atoms with E-state index >= 15 is 0 Å². The third-order valence-corrected chi connectivity index (χ3v) is 8.68. The maximum absolute atomic E-state index is 14.3. The third kappa shape index (κ3) is 4.87. The molecule has 0 fully saturated rings. The molecule has 0 radical (unpaired) electrons. The summed E-state index contributed by atoms with van der Waals surface area (Å²) in [5.74, 6) is 2.60. The van der Waals surface area contributed by atoms with E-state index in [-0.39, 0.29) is 24.0 Å². The van der Waals surface area contributed by atoms with E-state index in [9.17, 15) is 9.90 Å². The lowest BCUT2D eigenvalue weighted by Crippen LogP contribution is -2.27. The summed E-state index contributed by atoms with van der Waals surface area (Å²) < 4.78 is 13.6. The lowest BCUT2D eigenvalue weighted by atomic mass is 9.97. The number of hydrogen-bond donors (Lipinski definition) is 1. The molecule has 3 heterocycles. The Balaban J connectivity index is 1.52. The summed E-state index contributed by atoms with van der Waals surface area (Å²) in [4.78, 5) is 20.2. The van der Waals surface area contributed by atoms with Crippen LogP contribution >= 0.6 is 11.3 Å². The van der Waals surface area contributed by atoms with Gasteiger partial charge < -0.3 is 14.6 Å². The van der Waals surface area contributed by atoms with Gasteiger partial charge in [0.2, 0.25) is 6.79 Å². The van der Waals surface area contributed by atoms with Crippen molar-refractivity contribution in [1.82, 2.24) is 9.55 Å². The molecule has 0 bridgehead atoms. The number of nitrogens with zero attached hydrogens (tertiary/aromatic N) is 2. The summed E-state index contributed by atoms with van der Waals surface area (Å²) >= 11 is 1.40. The van der Waals surface area contributed by atoms with E-state index in [2.05, 4.69) is 26.0 Å². The first-order valence-corrected chi connectivity index (χ1v) is 14.5. The molecule has 200 valence electrons. The molecule has 0 saturated carbocycles. The molecule has 1 aliphatic rings. The van der Waals surface area contributed by atoms with Crippen molar-refractivity contribution in [2.45, 2.75) is 58.4 Å². The monoisotopic (exact) mass is 540 g/mol. The van der Waals surface area contributed by atoms with Gasteiger partial charge in [-0.3, -0.25) is 9.36 Å². The van der Waals surface area contributed by atoms with Crippen LogP contribution in [0.2, 0.25) is 0 Å². The SMILES string of the molecule is CCCCC(CC)c1nc2sc3c(O)cc(Cc4ccccc4)cc3c2c(=O)n1Cc1ccc2c(c1)OCO2. The topological polar surface area (TPSA) is 73.6 Å². The first-order chi connectivity index (χ1) is 19.1. The Morgan fingerprint density at radius 2 is 1.82 bits per heavy atom. The first kappa shape index (κ1) is 25.4. The highest BCUT2D eigenvalue weighted by molar-refractivity contribution is 7.25. The number of aromatic nitrogens is 2. The standard InChI is InChI=1S/C32H32N2O4S/c1-3-5-11-23(4-2)30-33-31-28(32(36)34(30)18-21-12-13-26-27(17-21)38-19-37-26)24-15-22(16-25(35)29(24)39-31)14-20-9-7-6-8-10-20/h6-10,12-13,15-17,23,35H,3-5,11,14,18-19H2,1-2H3. The highest BCUT2D eigenvalue weighted by Gasteiger charge is 2.23. The zero-order valence-electron chi connectivity index (χ0n) is 22.3. The first-order valence-electron chi connectivity index (χ1n) is 13.7. The lowest BCUT2D eigenvalue weighted by molar-refractivity contribution is 0.174. The van der Waals surface area contributed by atoms with Crippen LogP contribution in [0.3, 0.4) is 0 Å². The van der Waals surface area contributed by atoms with E-state index in [0.29, 0.717) is 33.6 Å². The summed E-state index contributed by atoms with van der Waals surface area (Å²) in [5.41, 5.74) is 3.01. The van der Waals surface area contributed by atoms with Crippen molar-refractivity contribution in [3.05, 3.63) is 93.5 Å². The number of phenolic OH excluding ortho intramolecular Hbond substituents is 1. The minimum atomic E-state index is -0.0647. The minimum absolute atomic E-state index is 0.0647. The maximum atomic E-state index is 14.3. The molecule has 7 heteroatoms. The summed E-state index contributed by atoms with van der Waals surface area (Å²) in [7, 11) is 0. The Bertz CT molecular complexity index is 1710. The molecule has 0 aliphatic carbocycles. The number of rotatable bonds is 9. The van der Waals surface area contributed by atoms with Crippen LogP contribution in [0.4, 0.5) is 0 Å².